The van der Waals surface area contributed by atoms with Gasteiger partial charge in [-0.05, 0) is 60.0 Å². The Hall–Kier alpha value is -3.61. The summed E-state index contributed by atoms with van der Waals surface area (Å²) < 4.78 is 5.83. The van der Waals surface area contributed by atoms with Gasteiger partial charge in [-0.2, -0.15) is 0 Å². The Labute approximate surface area is 193 Å². The molecule has 4 nitrogen and oxygen atoms in total. The van der Waals surface area contributed by atoms with Crippen molar-refractivity contribution in [2.45, 2.75) is 4.90 Å². The Kier molecular flexibility index (Phi) is 5.62. The number of rotatable bonds is 6. The second-order valence-electron chi connectivity index (χ2n) is 6.95. The van der Waals surface area contributed by atoms with Crippen LogP contribution in [0.3, 0.4) is 0 Å². The fourth-order valence-electron chi connectivity index (χ4n) is 3.37. The summed E-state index contributed by atoms with van der Waals surface area (Å²) in [5, 5.41) is 1.91. The molecule has 0 unspecified atom stereocenters. The number of hydrogen-bond acceptors (Lipinski definition) is 5. The average molecular weight is 456 g/mol. The monoisotopic (exact) mass is 455 g/mol. The molecule has 0 saturated carbocycles. The summed E-state index contributed by atoms with van der Waals surface area (Å²) in [6.07, 6.45) is 0. The van der Waals surface area contributed by atoms with Gasteiger partial charge in [-0.1, -0.05) is 54.2 Å². The van der Waals surface area contributed by atoms with Crippen LogP contribution in [0.25, 0.3) is 5.57 Å². The molecule has 0 atom stereocenters. The molecule has 2 amide bonds. The first-order valence-electron chi connectivity index (χ1n) is 9.93. The molecule has 32 heavy (non-hydrogen) atoms. The van der Waals surface area contributed by atoms with E-state index >= 15 is 0 Å². The minimum absolute atomic E-state index is 0.312. The number of nitrogens with zero attached hydrogens (tertiary/aromatic N) is 1. The number of anilines is 1. The lowest BCUT2D eigenvalue weighted by Crippen LogP contribution is -2.31. The molecule has 0 aliphatic carbocycles. The van der Waals surface area contributed by atoms with Crippen LogP contribution >= 0.6 is 23.1 Å². The van der Waals surface area contributed by atoms with Crippen molar-refractivity contribution in [2.24, 2.45) is 0 Å². The van der Waals surface area contributed by atoms with Gasteiger partial charge in [0, 0.05) is 9.77 Å². The molecular weight excluding hydrogens is 438 g/mol. The fraction of sp³-hybridized carbons (Fsp3) is 0. The van der Waals surface area contributed by atoms with Crippen LogP contribution < -0.4 is 9.64 Å². The van der Waals surface area contributed by atoms with E-state index in [4.69, 9.17) is 4.74 Å². The lowest BCUT2D eigenvalue weighted by molar-refractivity contribution is -0.119. The SMILES string of the molecule is O=C1C(Sc2ccccc2)=C(c2cccs2)C(=O)N1c1ccc(Oc2ccccc2)cc1. The zero-order valence-electron chi connectivity index (χ0n) is 16.8. The Morgan fingerprint density at radius 1 is 0.688 bits per heavy atom. The van der Waals surface area contributed by atoms with Crippen molar-refractivity contribution in [1.82, 2.24) is 0 Å². The molecule has 0 spiro atoms. The Balaban J connectivity index is 1.46. The predicted molar refractivity (Wildman–Crippen MR) is 129 cm³/mol. The van der Waals surface area contributed by atoms with Gasteiger partial charge < -0.3 is 4.74 Å². The largest absolute Gasteiger partial charge is 0.457 e. The summed E-state index contributed by atoms with van der Waals surface area (Å²) in [5.41, 5.74) is 0.960. The third-order valence-corrected chi connectivity index (χ3v) is 6.82. The number of carbonyl (C=O) groups excluding carboxylic acids is 2. The fourth-order valence-corrected chi connectivity index (χ4v) is 5.21. The number of para-hydroxylation sites is 1. The van der Waals surface area contributed by atoms with Gasteiger partial charge >= 0.3 is 0 Å². The highest BCUT2D eigenvalue weighted by Gasteiger charge is 2.40. The van der Waals surface area contributed by atoms with Gasteiger partial charge in [0.1, 0.15) is 11.5 Å². The molecule has 0 bridgehead atoms. The number of imide groups is 1. The molecule has 0 fully saturated rings. The Bertz CT molecular complexity index is 1280. The van der Waals surface area contributed by atoms with Crippen molar-refractivity contribution in [3.05, 3.63) is 112 Å². The van der Waals surface area contributed by atoms with E-state index in [0.717, 1.165) is 15.5 Å². The Morgan fingerprint density at radius 2 is 1.34 bits per heavy atom. The van der Waals surface area contributed by atoms with Crippen molar-refractivity contribution in [3.63, 3.8) is 0 Å². The third kappa shape index (κ3) is 3.98. The van der Waals surface area contributed by atoms with Gasteiger partial charge in [0.2, 0.25) is 0 Å². The van der Waals surface area contributed by atoms with E-state index in [1.165, 1.54) is 28.0 Å². The van der Waals surface area contributed by atoms with Gasteiger partial charge in [-0.15, -0.1) is 11.3 Å². The second-order valence-corrected chi connectivity index (χ2v) is 8.98. The number of benzene rings is 3. The molecule has 6 heteroatoms. The standard InChI is InChI=1S/C26H17NO3S2/c28-25-23(22-12-7-17-31-22)24(32-21-10-5-2-6-11-21)26(29)27(25)18-13-15-20(16-14-18)30-19-8-3-1-4-9-19/h1-17H. The molecule has 1 aromatic heterocycles. The molecule has 2 heterocycles. The molecule has 156 valence electrons. The van der Waals surface area contributed by atoms with E-state index in [-0.39, 0.29) is 11.8 Å². The van der Waals surface area contributed by atoms with E-state index in [1.54, 1.807) is 24.3 Å². The summed E-state index contributed by atoms with van der Waals surface area (Å²) in [5.74, 6) is 0.720. The Morgan fingerprint density at radius 3 is 2.00 bits per heavy atom. The van der Waals surface area contributed by atoms with Gasteiger partial charge in [0.25, 0.3) is 11.8 Å². The summed E-state index contributed by atoms with van der Waals surface area (Å²) in [4.78, 5) is 30.2. The molecule has 0 saturated heterocycles. The highest BCUT2D eigenvalue weighted by atomic mass is 32.2. The third-order valence-electron chi connectivity index (χ3n) is 4.85. The molecule has 0 radical (unpaired) electrons. The number of thiophene rings is 1. The van der Waals surface area contributed by atoms with Gasteiger partial charge in [-0.3, -0.25) is 9.59 Å². The van der Waals surface area contributed by atoms with Crippen LogP contribution in [-0.4, -0.2) is 11.8 Å². The van der Waals surface area contributed by atoms with Crippen molar-refractivity contribution >= 4 is 46.2 Å². The maximum absolute atomic E-state index is 13.4. The van der Waals surface area contributed by atoms with E-state index in [0.29, 0.717) is 21.9 Å². The lowest BCUT2D eigenvalue weighted by atomic mass is 10.2. The summed E-state index contributed by atoms with van der Waals surface area (Å²) in [7, 11) is 0. The molecule has 1 aliphatic rings. The first-order chi connectivity index (χ1) is 15.7. The van der Waals surface area contributed by atoms with Crippen LogP contribution in [0.1, 0.15) is 4.88 Å². The average Bonchev–Trinajstić information content (AvgIpc) is 3.43. The van der Waals surface area contributed by atoms with E-state index in [9.17, 15) is 9.59 Å². The second kappa shape index (κ2) is 8.86. The zero-order valence-corrected chi connectivity index (χ0v) is 18.4. The molecule has 4 aromatic rings. The molecule has 3 aromatic carbocycles. The normalized spacial score (nSPS) is 13.7. The molecular formula is C26H17NO3S2. The molecule has 1 aliphatic heterocycles. The maximum Gasteiger partial charge on any atom is 0.272 e. The van der Waals surface area contributed by atoms with Crippen molar-refractivity contribution in [1.29, 1.82) is 0 Å². The van der Waals surface area contributed by atoms with Crippen LogP contribution in [-0.2, 0) is 9.59 Å². The molecule has 5 rings (SSSR count). The van der Waals surface area contributed by atoms with Crippen LogP contribution in [0, 0.1) is 0 Å². The van der Waals surface area contributed by atoms with Crippen molar-refractivity contribution in [3.8, 4) is 11.5 Å². The van der Waals surface area contributed by atoms with E-state index in [2.05, 4.69) is 0 Å². The summed E-state index contributed by atoms with van der Waals surface area (Å²) in [6, 6.07) is 29.8. The quantitative estimate of drug-likeness (QED) is 0.307. The number of ether oxygens (including phenoxy) is 1. The van der Waals surface area contributed by atoms with Gasteiger partial charge in [0.05, 0.1) is 16.2 Å². The topological polar surface area (TPSA) is 46.6 Å². The summed E-state index contributed by atoms with van der Waals surface area (Å²) in [6.45, 7) is 0. The first-order valence-corrected chi connectivity index (χ1v) is 11.6. The van der Waals surface area contributed by atoms with Crippen LogP contribution in [0.2, 0.25) is 0 Å². The van der Waals surface area contributed by atoms with Crippen molar-refractivity contribution < 1.29 is 14.3 Å². The number of amides is 2. The number of carbonyl (C=O) groups is 2. The highest BCUT2D eigenvalue weighted by molar-refractivity contribution is 8.04. The molecule has 0 N–H and O–H groups in total. The van der Waals surface area contributed by atoms with Crippen molar-refractivity contribution in [2.75, 3.05) is 4.90 Å². The zero-order chi connectivity index (χ0) is 21.9. The van der Waals surface area contributed by atoms with E-state index < -0.39 is 0 Å². The van der Waals surface area contributed by atoms with Gasteiger partial charge in [0.15, 0.2) is 0 Å². The highest BCUT2D eigenvalue weighted by Crippen LogP contribution is 2.42. The minimum Gasteiger partial charge on any atom is -0.457 e. The van der Waals surface area contributed by atoms with Crippen LogP contribution in [0.5, 0.6) is 11.5 Å². The minimum atomic E-state index is -0.316. The number of hydrogen-bond donors (Lipinski definition) is 0. The van der Waals surface area contributed by atoms with E-state index in [1.807, 2.05) is 78.2 Å². The summed E-state index contributed by atoms with van der Waals surface area (Å²) >= 11 is 2.77. The lowest BCUT2D eigenvalue weighted by Gasteiger charge is -2.16. The smallest absolute Gasteiger partial charge is 0.272 e. The van der Waals surface area contributed by atoms with Crippen LogP contribution in [0.4, 0.5) is 5.69 Å². The first kappa shape index (κ1) is 20.3. The van der Waals surface area contributed by atoms with Gasteiger partial charge in [-0.25, -0.2) is 4.90 Å². The maximum atomic E-state index is 13.4. The number of thioether (sulfide) groups is 1. The van der Waals surface area contributed by atoms with Crippen LogP contribution in [0.15, 0.2) is 112 Å². The predicted octanol–water partition coefficient (Wildman–Crippen LogP) is 6.62.